The summed E-state index contributed by atoms with van der Waals surface area (Å²) in [5.41, 5.74) is 1.01. The van der Waals surface area contributed by atoms with Crippen LogP contribution in [0.4, 0.5) is 0 Å². The zero-order valence-corrected chi connectivity index (χ0v) is 15.0. The molecule has 0 atom stereocenters. The molecule has 1 rings (SSSR count). The van der Waals surface area contributed by atoms with Crippen LogP contribution in [0.2, 0.25) is 0 Å². The topological polar surface area (TPSA) is 91.8 Å². The number of hydrogen-bond donors (Lipinski definition) is 3. The van der Waals surface area contributed by atoms with Crippen molar-refractivity contribution in [1.29, 1.82) is 0 Å². The number of guanidine groups is 1. The second kappa shape index (κ2) is 10.7. The first-order valence-electron chi connectivity index (χ1n) is 7.67. The largest absolute Gasteiger partial charge is 0.489 e. The standard InChI is InChI=1S/C16H26N4O3S/c1-4-12-23-15-9-6-5-8-14(15)13-19-16(17-2)18-10-7-11-20-24(3,21)22/h4-6,8-9,20H,1,7,10-13H2,2-3H3,(H2,17,18,19). The summed E-state index contributed by atoms with van der Waals surface area (Å²) in [7, 11) is -1.45. The van der Waals surface area contributed by atoms with Crippen LogP contribution in [0.1, 0.15) is 12.0 Å². The number of nitrogens with one attached hydrogen (secondary N) is 3. The van der Waals surface area contributed by atoms with E-state index >= 15 is 0 Å². The third-order valence-corrected chi connectivity index (χ3v) is 3.74. The molecule has 7 nitrogen and oxygen atoms in total. The number of benzene rings is 1. The quantitative estimate of drug-likeness (QED) is 0.251. The zero-order valence-electron chi connectivity index (χ0n) is 14.2. The van der Waals surface area contributed by atoms with E-state index in [9.17, 15) is 8.42 Å². The van der Waals surface area contributed by atoms with Crippen LogP contribution in [-0.2, 0) is 16.6 Å². The van der Waals surface area contributed by atoms with E-state index in [0.29, 0.717) is 38.6 Å². The molecule has 1 aromatic rings. The van der Waals surface area contributed by atoms with E-state index in [0.717, 1.165) is 17.6 Å². The molecule has 0 aliphatic carbocycles. The number of hydrogen-bond acceptors (Lipinski definition) is 4. The molecule has 0 amide bonds. The van der Waals surface area contributed by atoms with Gasteiger partial charge in [-0.15, -0.1) is 0 Å². The molecule has 0 saturated heterocycles. The Balaban J connectivity index is 2.40. The van der Waals surface area contributed by atoms with Gasteiger partial charge in [-0.3, -0.25) is 4.99 Å². The van der Waals surface area contributed by atoms with Gasteiger partial charge in [0.25, 0.3) is 0 Å². The monoisotopic (exact) mass is 354 g/mol. The van der Waals surface area contributed by atoms with Gasteiger partial charge in [-0.25, -0.2) is 13.1 Å². The molecule has 1 aromatic carbocycles. The lowest BCUT2D eigenvalue weighted by molar-refractivity contribution is 0.358. The third-order valence-electron chi connectivity index (χ3n) is 3.01. The average Bonchev–Trinajstić information content (AvgIpc) is 2.55. The summed E-state index contributed by atoms with van der Waals surface area (Å²) in [6, 6.07) is 7.76. The molecule has 0 spiro atoms. The number of rotatable bonds is 10. The molecule has 8 heteroatoms. The molecule has 24 heavy (non-hydrogen) atoms. The third kappa shape index (κ3) is 8.54. The van der Waals surface area contributed by atoms with Crippen molar-refractivity contribution in [3.63, 3.8) is 0 Å². The van der Waals surface area contributed by atoms with Crippen molar-refractivity contribution in [2.45, 2.75) is 13.0 Å². The van der Waals surface area contributed by atoms with Crippen molar-refractivity contribution in [3.05, 3.63) is 42.5 Å². The van der Waals surface area contributed by atoms with E-state index in [1.807, 2.05) is 24.3 Å². The van der Waals surface area contributed by atoms with Crippen molar-refractivity contribution in [1.82, 2.24) is 15.4 Å². The fourth-order valence-corrected chi connectivity index (χ4v) is 2.41. The van der Waals surface area contributed by atoms with Crippen LogP contribution in [-0.4, -0.2) is 47.4 Å². The van der Waals surface area contributed by atoms with Crippen LogP contribution in [0.25, 0.3) is 0 Å². The maximum atomic E-state index is 11.0. The predicted molar refractivity (Wildman–Crippen MR) is 97.8 cm³/mol. The second-order valence-electron chi connectivity index (χ2n) is 5.08. The molecule has 0 aliphatic rings. The summed E-state index contributed by atoms with van der Waals surface area (Å²) in [6.45, 7) is 5.66. The summed E-state index contributed by atoms with van der Waals surface area (Å²) in [5.74, 6) is 1.45. The number of ether oxygens (including phenoxy) is 1. The Morgan fingerprint density at radius 1 is 1.29 bits per heavy atom. The lowest BCUT2D eigenvalue weighted by atomic mass is 10.2. The first kappa shape index (κ1) is 20.0. The molecule has 0 bridgehead atoms. The number of aliphatic imine (C=N–C) groups is 1. The first-order chi connectivity index (χ1) is 11.5. The molecule has 0 saturated carbocycles. The summed E-state index contributed by atoms with van der Waals surface area (Å²) < 4.78 is 30.0. The van der Waals surface area contributed by atoms with Crippen LogP contribution >= 0.6 is 0 Å². The molecule has 0 aliphatic heterocycles. The van der Waals surface area contributed by atoms with E-state index in [2.05, 4.69) is 26.9 Å². The minimum absolute atomic E-state index is 0.390. The van der Waals surface area contributed by atoms with Gasteiger partial charge in [-0.1, -0.05) is 30.9 Å². The number of para-hydroxylation sites is 1. The number of nitrogens with zero attached hydrogens (tertiary/aromatic N) is 1. The summed E-state index contributed by atoms with van der Waals surface area (Å²) >= 11 is 0. The highest BCUT2D eigenvalue weighted by Crippen LogP contribution is 2.17. The normalized spacial score (nSPS) is 11.8. The zero-order chi connectivity index (χ0) is 17.8. The minimum Gasteiger partial charge on any atom is -0.489 e. The maximum absolute atomic E-state index is 11.0. The van der Waals surface area contributed by atoms with Gasteiger partial charge in [0.15, 0.2) is 5.96 Å². The Morgan fingerprint density at radius 2 is 2.04 bits per heavy atom. The van der Waals surface area contributed by atoms with Crippen molar-refractivity contribution in [3.8, 4) is 5.75 Å². The molecular formula is C16H26N4O3S. The second-order valence-corrected chi connectivity index (χ2v) is 6.91. The highest BCUT2D eigenvalue weighted by atomic mass is 32.2. The summed E-state index contributed by atoms with van der Waals surface area (Å²) in [5, 5.41) is 6.34. The van der Waals surface area contributed by atoms with Crippen LogP contribution in [0.3, 0.4) is 0 Å². The Hall–Kier alpha value is -2.06. The molecule has 134 valence electrons. The van der Waals surface area contributed by atoms with Crippen molar-refractivity contribution in [2.75, 3.05) is 33.0 Å². The van der Waals surface area contributed by atoms with Gasteiger partial charge < -0.3 is 15.4 Å². The molecule has 0 fully saturated rings. The smallest absolute Gasteiger partial charge is 0.208 e. The fraction of sp³-hybridized carbons (Fsp3) is 0.438. The highest BCUT2D eigenvalue weighted by Gasteiger charge is 2.04. The van der Waals surface area contributed by atoms with Crippen LogP contribution in [0, 0.1) is 0 Å². The van der Waals surface area contributed by atoms with Crippen LogP contribution in [0.5, 0.6) is 5.75 Å². The van der Waals surface area contributed by atoms with Gasteiger partial charge in [0.2, 0.25) is 10.0 Å². The lowest BCUT2D eigenvalue weighted by Gasteiger charge is -2.14. The van der Waals surface area contributed by atoms with Crippen LogP contribution in [0.15, 0.2) is 41.9 Å². The van der Waals surface area contributed by atoms with Crippen molar-refractivity contribution in [2.24, 2.45) is 4.99 Å². The Labute approximate surface area is 144 Å². The van der Waals surface area contributed by atoms with Gasteiger partial charge in [-0.05, 0) is 12.5 Å². The minimum atomic E-state index is -3.13. The lowest BCUT2D eigenvalue weighted by Crippen LogP contribution is -2.38. The Bertz CT molecular complexity index is 644. The molecule has 0 unspecified atom stereocenters. The fourth-order valence-electron chi connectivity index (χ4n) is 1.89. The average molecular weight is 354 g/mol. The number of sulfonamides is 1. The van der Waals surface area contributed by atoms with Gasteiger partial charge >= 0.3 is 0 Å². The van der Waals surface area contributed by atoms with Gasteiger partial charge in [0, 0.05) is 32.2 Å². The SMILES string of the molecule is C=CCOc1ccccc1CNC(=NC)NCCCNS(C)(=O)=O. The van der Waals surface area contributed by atoms with E-state index < -0.39 is 10.0 Å². The first-order valence-corrected chi connectivity index (χ1v) is 9.56. The van der Waals surface area contributed by atoms with Crippen molar-refractivity contribution >= 4 is 16.0 Å². The molecule has 0 heterocycles. The maximum Gasteiger partial charge on any atom is 0.208 e. The van der Waals surface area contributed by atoms with Gasteiger partial charge in [0.1, 0.15) is 12.4 Å². The highest BCUT2D eigenvalue weighted by molar-refractivity contribution is 7.88. The predicted octanol–water partition coefficient (Wildman–Crippen LogP) is 0.856. The molecule has 0 aromatic heterocycles. The van der Waals surface area contributed by atoms with E-state index in [-0.39, 0.29) is 0 Å². The van der Waals surface area contributed by atoms with Gasteiger partial charge in [0.05, 0.1) is 6.26 Å². The van der Waals surface area contributed by atoms with E-state index in [1.54, 1.807) is 13.1 Å². The summed E-state index contributed by atoms with van der Waals surface area (Å²) in [4.78, 5) is 4.14. The molecule has 0 radical (unpaired) electrons. The van der Waals surface area contributed by atoms with Crippen molar-refractivity contribution < 1.29 is 13.2 Å². The van der Waals surface area contributed by atoms with Gasteiger partial charge in [-0.2, -0.15) is 0 Å². The van der Waals surface area contributed by atoms with E-state index in [4.69, 9.17) is 4.74 Å². The molecular weight excluding hydrogens is 328 g/mol. The van der Waals surface area contributed by atoms with Crippen LogP contribution < -0.4 is 20.1 Å². The summed E-state index contributed by atoms with van der Waals surface area (Å²) in [6.07, 6.45) is 3.51. The Morgan fingerprint density at radius 3 is 2.71 bits per heavy atom. The van der Waals surface area contributed by atoms with E-state index in [1.165, 1.54) is 0 Å². The molecule has 3 N–H and O–H groups in total. The Kier molecular flexibility index (Phi) is 8.88.